The Morgan fingerprint density at radius 2 is 1.82 bits per heavy atom. The number of aliphatic carboxylic acids is 1. The van der Waals surface area contributed by atoms with E-state index in [2.05, 4.69) is 5.32 Å². The van der Waals surface area contributed by atoms with Crippen molar-refractivity contribution in [1.82, 2.24) is 10.2 Å². The summed E-state index contributed by atoms with van der Waals surface area (Å²) in [6.45, 7) is 9.05. The fourth-order valence-electron chi connectivity index (χ4n) is 1.60. The Morgan fingerprint density at radius 1 is 1.24 bits per heavy atom. The van der Waals surface area contributed by atoms with Gasteiger partial charge < -0.3 is 10.4 Å². The fraction of sp³-hybridized carbons (Fsp3) is 0.833. The first-order valence-corrected chi connectivity index (χ1v) is 6.04. The molecule has 100 valence electrons. The van der Waals surface area contributed by atoms with Crippen molar-refractivity contribution in [3.8, 4) is 0 Å². The molecule has 0 aliphatic rings. The zero-order valence-corrected chi connectivity index (χ0v) is 11.2. The second-order valence-electron chi connectivity index (χ2n) is 4.99. The van der Waals surface area contributed by atoms with Gasteiger partial charge in [-0.25, -0.2) is 0 Å². The third kappa shape index (κ3) is 9.81. The van der Waals surface area contributed by atoms with Gasteiger partial charge in [0, 0.05) is 25.6 Å². The maximum absolute atomic E-state index is 11.4. The molecule has 0 atom stereocenters. The van der Waals surface area contributed by atoms with Gasteiger partial charge in [0.15, 0.2) is 0 Å². The highest BCUT2D eigenvalue weighted by atomic mass is 16.4. The smallest absolute Gasteiger partial charge is 0.317 e. The van der Waals surface area contributed by atoms with Gasteiger partial charge in [0.1, 0.15) is 0 Å². The normalized spacial score (nSPS) is 11.2. The lowest BCUT2D eigenvalue weighted by Crippen LogP contribution is -2.37. The molecule has 0 aromatic rings. The molecule has 2 N–H and O–H groups in total. The number of carboxylic acid groups (broad SMARTS) is 1. The van der Waals surface area contributed by atoms with Gasteiger partial charge in [-0.1, -0.05) is 13.8 Å². The molecule has 5 heteroatoms. The predicted octanol–water partition coefficient (Wildman–Crippen LogP) is 0.944. The van der Waals surface area contributed by atoms with Crippen LogP contribution in [0.1, 0.15) is 34.1 Å². The minimum absolute atomic E-state index is 0.00681. The zero-order chi connectivity index (χ0) is 13.4. The van der Waals surface area contributed by atoms with Crippen LogP contribution in [-0.2, 0) is 9.59 Å². The van der Waals surface area contributed by atoms with Crippen LogP contribution in [0.15, 0.2) is 0 Å². The van der Waals surface area contributed by atoms with E-state index in [9.17, 15) is 9.59 Å². The summed E-state index contributed by atoms with van der Waals surface area (Å²) < 4.78 is 0. The molecule has 0 aromatic heterocycles. The molecule has 0 aromatic carbocycles. The van der Waals surface area contributed by atoms with E-state index in [4.69, 9.17) is 5.11 Å². The lowest BCUT2D eigenvalue weighted by Gasteiger charge is -2.22. The molecular weight excluding hydrogens is 220 g/mol. The number of carbonyl (C=O) groups is 2. The first-order valence-electron chi connectivity index (χ1n) is 6.04. The lowest BCUT2D eigenvalue weighted by molar-refractivity contribution is -0.138. The van der Waals surface area contributed by atoms with Crippen LogP contribution in [0.2, 0.25) is 0 Å². The summed E-state index contributed by atoms with van der Waals surface area (Å²) in [4.78, 5) is 23.9. The van der Waals surface area contributed by atoms with Crippen molar-refractivity contribution in [1.29, 1.82) is 0 Å². The van der Waals surface area contributed by atoms with E-state index in [1.807, 2.05) is 27.7 Å². The van der Waals surface area contributed by atoms with Crippen LogP contribution in [0.4, 0.5) is 0 Å². The Bertz CT molecular complexity index is 252. The van der Waals surface area contributed by atoms with Crippen molar-refractivity contribution in [3.05, 3.63) is 0 Å². The van der Waals surface area contributed by atoms with Crippen molar-refractivity contribution < 1.29 is 14.7 Å². The molecule has 1 amide bonds. The Balaban J connectivity index is 4.06. The molecule has 0 aliphatic carbocycles. The van der Waals surface area contributed by atoms with Gasteiger partial charge >= 0.3 is 5.97 Å². The zero-order valence-electron chi connectivity index (χ0n) is 11.2. The topological polar surface area (TPSA) is 69.6 Å². The number of hydrogen-bond donors (Lipinski definition) is 2. The molecule has 0 rings (SSSR count). The van der Waals surface area contributed by atoms with Crippen LogP contribution >= 0.6 is 0 Å². The minimum Gasteiger partial charge on any atom is -0.480 e. The Labute approximate surface area is 103 Å². The number of amides is 1. The first kappa shape index (κ1) is 15.9. The maximum Gasteiger partial charge on any atom is 0.317 e. The van der Waals surface area contributed by atoms with Crippen LogP contribution < -0.4 is 5.32 Å². The molecule has 0 saturated carbocycles. The molecule has 0 aliphatic heterocycles. The molecule has 0 spiro atoms. The second-order valence-corrected chi connectivity index (χ2v) is 4.99. The van der Waals surface area contributed by atoms with Gasteiger partial charge in [-0.3, -0.25) is 14.5 Å². The lowest BCUT2D eigenvalue weighted by atomic mass is 10.2. The summed E-state index contributed by atoms with van der Waals surface area (Å²) in [5.41, 5.74) is 0. The first-order chi connectivity index (χ1) is 7.81. The standard InChI is InChI=1S/C12H24N2O3/c1-9(2)7-14(8-12(16)17)6-5-11(15)13-10(3)4/h9-10H,5-8H2,1-4H3,(H,13,15)(H,16,17). The number of carbonyl (C=O) groups excluding carboxylic acids is 1. The number of hydrogen-bond acceptors (Lipinski definition) is 3. The molecular formula is C12H24N2O3. The maximum atomic E-state index is 11.4. The van der Waals surface area contributed by atoms with Crippen LogP contribution in [0, 0.1) is 5.92 Å². The highest BCUT2D eigenvalue weighted by Gasteiger charge is 2.13. The Hall–Kier alpha value is -1.10. The summed E-state index contributed by atoms with van der Waals surface area (Å²) >= 11 is 0. The van der Waals surface area contributed by atoms with E-state index < -0.39 is 5.97 Å². The number of carboxylic acids is 1. The quantitative estimate of drug-likeness (QED) is 0.667. The van der Waals surface area contributed by atoms with Crippen molar-refractivity contribution in [2.24, 2.45) is 5.92 Å². The Kier molecular flexibility index (Phi) is 7.54. The monoisotopic (exact) mass is 244 g/mol. The summed E-state index contributed by atoms with van der Waals surface area (Å²) in [6.07, 6.45) is 0.345. The molecule has 0 bridgehead atoms. The molecule has 0 unspecified atom stereocenters. The van der Waals surface area contributed by atoms with Crippen molar-refractivity contribution in [3.63, 3.8) is 0 Å². The van der Waals surface area contributed by atoms with Crippen LogP contribution in [0.25, 0.3) is 0 Å². The number of nitrogens with one attached hydrogen (secondary N) is 1. The van der Waals surface area contributed by atoms with E-state index in [0.29, 0.717) is 25.4 Å². The van der Waals surface area contributed by atoms with Gasteiger partial charge in [0.2, 0.25) is 5.91 Å². The third-order valence-corrected chi connectivity index (χ3v) is 2.09. The Morgan fingerprint density at radius 3 is 2.24 bits per heavy atom. The summed E-state index contributed by atoms with van der Waals surface area (Å²) in [6, 6.07) is 0.125. The van der Waals surface area contributed by atoms with Gasteiger partial charge in [0.05, 0.1) is 6.54 Å². The molecule has 0 radical (unpaired) electrons. The third-order valence-electron chi connectivity index (χ3n) is 2.09. The average Bonchev–Trinajstić information content (AvgIpc) is 2.11. The van der Waals surface area contributed by atoms with Gasteiger partial charge in [-0.05, 0) is 19.8 Å². The second kappa shape index (κ2) is 8.06. The van der Waals surface area contributed by atoms with E-state index in [1.54, 1.807) is 4.90 Å². The number of nitrogens with zero attached hydrogens (tertiary/aromatic N) is 1. The van der Waals surface area contributed by atoms with Crippen molar-refractivity contribution in [2.75, 3.05) is 19.6 Å². The fourth-order valence-corrected chi connectivity index (χ4v) is 1.60. The number of rotatable bonds is 8. The van der Waals surface area contributed by atoms with Crippen LogP contribution in [-0.4, -0.2) is 47.6 Å². The molecule has 0 saturated heterocycles. The molecule has 5 nitrogen and oxygen atoms in total. The predicted molar refractivity (Wildman–Crippen MR) is 66.8 cm³/mol. The SMILES string of the molecule is CC(C)CN(CCC(=O)NC(C)C)CC(=O)O. The highest BCUT2D eigenvalue weighted by molar-refractivity contribution is 5.76. The molecule has 0 heterocycles. The van der Waals surface area contributed by atoms with Crippen molar-refractivity contribution >= 4 is 11.9 Å². The van der Waals surface area contributed by atoms with Gasteiger partial charge in [0.25, 0.3) is 0 Å². The van der Waals surface area contributed by atoms with Gasteiger partial charge in [-0.2, -0.15) is 0 Å². The molecule has 17 heavy (non-hydrogen) atoms. The highest BCUT2D eigenvalue weighted by Crippen LogP contribution is 2.00. The van der Waals surface area contributed by atoms with E-state index >= 15 is 0 Å². The average molecular weight is 244 g/mol. The largest absolute Gasteiger partial charge is 0.480 e. The van der Waals surface area contributed by atoms with Crippen LogP contribution in [0.3, 0.4) is 0 Å². The van der Waals surface area contributed by atoms with Crippen LogP contribution in [0.5, 0.6) is 0 Å². The van der Waals surface area contributed by atoms with Gasteiger partial charge in [-0.15, -0.1) is 0 Å². The summed E-state index contributed by atoms with van der Waals surface area (Å²) in [5, 5.41) is 11.6. The van der Waals surface area contributed by atoms with E-state index in [1.165, 1.54) is 0 Å². The summed E-state index contributed by atoms with van der Waals surface area (Å²) in [5.74, 6) is -0.489. The summed E-state index contributed by atoms with van der Waals surface area (Å²) in [7, 11) is 0. The van der Waals surface area contributed by atoms with Crippen molar-refractivity contribution in [2.45, 2.75) is 40.2 Å². The minimum atomic E-state index is -0.852. The molecule has 0 fully saturated rings. The van der Waals surface area contributed by atoms with E-state index in [-0.39, 0.29) is 18.5 Å². The van der Waals surface area contributed by atoms with E-state index in [0.717, 1.165) is 0 Å².